The fourth-order valence-electron chi connectivity index (χ4n) is 2.69. The number of hydrogen-bond acceptors (Lipinski definition) is 2. The van der Waals surface area contributed by atoms with Crippen LogP contribution in [0.2, 0.25) is 0 Å². The number of morpholine rings is 1. The molecule has 0 aliphatic carbocycles. The third kappa shape index (κ3) is 2.53. The van der Waals surface area contributed by atoms with Crippen LogP contribution in [0.15, 0.2) is 0 Å². The predicted octanol–water partition coefficient (Wildman–Crippen LogP) is 3.31. The van der Waals surface area contributed by atoms with Crippen molar-refractivity contribution in [3.05, 3.63) is 0 Å². The summed E-state index contributed by atoms with van der Waals surface area (Å²) in [5.41, 5.74) is 0. The van der Waals surface area contributed by atoms with Gasteiger partial charge in [-0.05, 0) is 0 Å². The third-order valence-corrected chi connectivity index (χ3v) is 12.0. The zero-order valence-electron chi connectivity index (χ0n) is 11.5. The van der Waals surface area contributed by atoms with Gasteiger partial charge >= 0.3 is 0 Å². The Kier molecular flexibility index (Phi) is 4.28. The van der Waals surface area contributed by atoms with Crippen molar-refractivity contribution in [2.75, 3.05) is 26.3 Å². The third-order valence-electron chi connectivity index (χ3n) is 3.20. The van der Waals surface area contributed by atoms with Crippen molar-refractivity contribution in [3.8, 4) is 0 Å². The smallest absolute Gasteiger partial charge is 0.0597 e. The molecule has 1 rings (SSSR count). The van der Waals surface area contributed by atoms with Crippen molar-refractivity contribution in [1.29, 1.82) is 0 Å². The van der Waals surface area contributed by atoms with E-state index in [4.69, 9.17) is 16.5 Å². The van der Waals surface area contributed by atoms with Gasteiger partial charge in [0.25, 0.3) is 0 Å². The van der Waals surface area contributed by atoms with E-state index in [9.17, 15) is 0 Å². The van der Waals surface area contributed by atoms with Crippen molar-refractivity contribution in [1.82, 2.24) is 4.67 Å². The van der Waals surface area contributed by atoms with Crippen LogP contribution in [0.25, 0.3) is 0 Å². The van der Waals surface area contributed by atoms with Gasteiger partial charge in [-0.1, -0.05) is 53.3 Å². The van der Waals surface area contributed by atoms with E-state index in [-0.39, 0.29) is 10.3 Å². The first kappa shape index (κ1) is 14.6. The van der Waals surface area contributed by atoms with Gasteiger partial charge in [0.15, 0.2) is 0 Å². The lowest BCUT2D eigenvalue weighted by molar-refractivity contribution is 0.0729. The molecule has 4 heteroatoms. The maximum Gasteiger partial charge on any atom is 0.0597 e. The Hall–Kier alpha value is 0.570. The molecule has 0 saturated carbocycles. The summed E-state index contributed by atoms with van der Waals surface area (Å²) in [4.78, 5) is 0. The van der Waals surface area contributed by atoms with Gasteiger partial charge in [0, 0.05) is 29.6 Å². The van der Waals surface area contributed by atoms with Crippen LogP contribution in [-0.4, -0.2) is 41.3 Å². The summed E-state index contributed by atoms with van der Waals surface area (Å²) in [7, 11) is 0. The summed E-state index contributed by atoms with van der Waals surface area (Å²) >= 11 is 6.18. The molecule has 0 amide bonds. The van der Waals surface area contributed by atoms with Crippen molar-refractivity contribution < 1.29 is 4.74 Å². The van der Waals surface area contributed by atoms with Crippen LogP contribution >= 0.6 is 6.19 Å². The molecule has 0 atom stereocenters. The number of nitrogens with zero attached hydrogens (tertiary/aromatic N) is 1. The van der Waals surface area contributed by atoms with Gasteiger partial charge < -0.3 is 4.74 Å². The van der Waals surface area contributed by atoms with Crippen LogP contribution in [0.1, 0.15) is 41.5 Å². The Morgan fingerprint density at radius 3 is 1.62 bits per heavy atom. The molecule has 0 aromatic heterocycles. The van der Waals surface area contributed by atoms with Crippen LogP contribution in [0, 0.1) is 0 Å². The summed E-state index contributed by atoms with van der Waals surface area (Å²) < 4.78 is 8.00. The van der Waals surface area contributed by atoms with Crippen molar-refractivity contribution >= 4 is 18.0 Å². The van der Waals surface area contributed by atoms with Crippen LogP contribution in [0.3, 0.4) is 0 Å². The van der Waals surface area contributed by atoms with Crippen LogP contribution in [0.4, 0.5) is 0 Å². The predicted molar refractivity (Wildman–Crippen MR) is 76.2 cm³/mol. The Balaban J connectivity index is 3.10. The first-order valence-electron chi connectivity index (χ1n) is 6.04. The van der Waals surface area contributed by atoms with Gasteiger partial charge in [-0.25, -0.2) is 0 Å². The molecule has 1 heterocycles. The second kappa shape index (κ2) is 4.68. The molecular weight excluding hydrogens is 237 g/mol. The Morgan fingerprint density at radius 2 is 1.31 bits per heavy atom. The first-order chi connectivity index (χ1) is 7.11. The lowest BCUT2D eigenvalue weighted by Gasteiger charge is -2.52. The molecule has 0 unspecified atom stereocenters. The van der Waals surface area contributed by atoms with E-state index < -0.39 is 6.19 Å². The SMILES string of the molecule is CC(C)(C)P(=S)(N1CCOCC1)C(C)(C)C. The molecule has 96 valence electrons. The minimum Gasteiger partial charge on any atom is -0.379 e. The van der Waals surface area contributed by atoms with Gasteiger partial charge in [-0.3, -0.25) is 4.67 Å². The van der Waals surface area contributed by atoms with Crippen LogP contribution in [-0.2, 0) is 16.5 Å². The molecule has 2 nitrogen and oxygen atoms in total. The molecule has 0 radical (unpaired) electrons. The lowest BCUT2D eigenvalue weighted by atomic mass is 10.2. The highest BCUT2D eigenvalue weighted by atomic mass is 32.4. The van der Waals surface area contributed by atoms with E-state index in [0.29, 0.717) is 0 Å². The van der Waals surface area contributed by atoms with E-state index >= 15 is 0 Å². The van der Waals surface area contributed by atoms with Crippen molar-refractivity contribution in [3.63, 3.8) is 0 Å². The number of rotatable bonds is 1. The number of ether oxygens (including phenoxy) is 1. The van der Waals surface area contributed by atoms with E-state index in [0.717, 1.165) is 26.3 Å². The molecule has 0 bridgehead atoms. The fourth-order valence-corrected chi connectivity index (χ4v) is 7.62. The Bertz CT molecular complexity index is 266. The first-order valence-corrected chi connectivity index (χ1v) is 8.79. The zero-order chi connectivity index (χ0) is 12.6. The van der Waals surface area contributed by atoms with E-state index in [1.807, 2.05) is 0 Å². The monoisotopic (exact) mass is 263 g/mol. The van der Waals surface area contributed by atoms with Gasteiger partial charge in [0.1, 0.15) is 0 Å². The Labute approximate surface area is 106 Å². The summed E-state index contributed by atoms with van der Waals surface area (Å²) in [6.07, 6.45) is -1.58. The van der Waals surface area contributed by atoms with Gasteiger partial charge in [-0.15, -0.1) is 0 Å². The van der Waals surface area contributed by atoms with E-state index in [1.165, 1.54) is 0 Å². The van der Waals surface area contributed by atoms with Gasteiger partial charge in [0.2, 0.25) is 0 Å². The van der Waals surface area contributed by atoms with Crippen LogP contribution < -0.4 is 0 Å². The summed E-state index contributed by atoms with van der Waals surface area (Å²) in [5.74, 6) is 0. The summed E-state index contributed by atoms with van der Waals surface area (Å²) in [6, 6.07) is 0. The molecule has 1 fully saturated rings. The molecule has 1 aliphatic rings. The topological polar surface area (TPSA) is 12.5 Å². The second-order valence-electron chi connectivity index (χ2n) is 6.48. The van der Waals surface area contributed by atoms with E-state index in [1.54, 1.807) is 0 Å². The molecule has 16 heavy (non-hydrogen) atoms. The minimum atomic E-state index is -1.58. The summed E-state index contributed by atoms with van der Waals surface area (Å²) in [6.45, 7) is 17.5. The average Bonchev–Trinajstić information content (AvgIpc) is 2.14. The van der Waals surface area contributed by atoms with Crippen molar-refractivity contribution in [2.24, 2.45) is 0 Å². The minimum absolute atomic E-state index is 0.192. The normalized spacial score (nSPS) is 21.1. The maximum atomic E-state index is 6.18. The largest absolute Gasteiger partial charge is 0.379 e. The molecule has 0 aromatic carbocycles. The highest BCUT2D eigenvalue weighted by Gasteiger charge is 2.46. The van der Waals surface area contributed by atoms with E-state index in [2.05, 4.69) is 46.2 Å². The standard InChI is InChI=1S/C12H26NOPS/c1-11(2,3)15(16,12(4,5)6)13-7-9-14-10-8-13/h7-10H2,1-6H3. The maximum absolute atomic E-state index is 6.18. The molecule has 0 aromatic rings. The average molecular weight is 263 g/mol. The number of hydrogen-bond donors (Lipinski definition) is 0. The molecule has 1 saturated heterocycles. The Morgan fingerprint density at radius 1 is 0.938 bits per heavy atom. The molecular formula is C12H26NOPS. The molecule has 1 aliphatic heterocycles. The zero-order valence-corrected chi connectivity index (χ0v) is 13.3. The highest BCUT2D eigenvalue weighted by molar-refractivity contribution is 8.14. The summed E-state index contributed by atoms with van der Waals surface area (Å²) in [5, 5.41) is 0.385. The molecule has 0 N–H and O–H groups in total. The fraction of sp³-hybridized carbons (Fsp3) is 1.00. The van der Waals surface area contributed by atoms with Crippen molar-refractivity contribution in [2.45, 2.75) is 51.9 Å². The second-order valence-corrected chi connectivity index (χ2v) is 12.5. The lowest BCUT2D eigenvalue weighted by Crippen LogP contribution is -2.44. The molecule has 0 spiro atoms. The van der Waals surface area contributed by atoms with Gasteiger partial charge in [0.05, 0.1) is 13.2 Å². The quantitative estimate of drug-likeness (QED) is 0.673. The van der Waals surface area contributed by atoms with Crippen LogP contribution in [0.5, 0.6) is 0 Å². The van der Waals surface area contributed by atoms with Gasteiger partial charge in [-0.2, -0.15) is 0 Å². The highest BCUT2D eigenvalue weighted by Crippen LogP contribution is 2.69.